The van der Waals surface area contributed by atoms with E-state index in [1.54, 1.807) is 0 Å². The van der Waals surface area contributed by atoms with E-state index in [4.69, 9.17) is 0 Å². The fourth-order valence-electron chi connectivity index (χ4n) is 0.820. The first-order chi connectivity index (χ1) is 6.04. The molecule has 0 amide bonds. The summed E-state index contributed by atoms with van der Waals surface area (Å²) in [7, 11) is 0. The molecular weight excluding hydrogens is 163 g/mol. The van der Waals surface area contributed by atoms with E-state index in [1.165, 1.54) is 12.8 Å². The predicted molar refractivity (Wildman–Crippen MR) is 59.8 cm³/mol. The van der Waals surface area contributed by atoms with Crippen molar-refractivity contribution in [1.82, 2.24) is 0 Å². The van der Waals surface area contributed by atoms with Crippen molar-refractivity contribution >= 4 is 0 Å². The van der Waals surface area contributed by atoms with Crippen molar-refractivity contribution in [1.29, 1.82) is 0 Å². The molecule has 0 rings (SSSR count). The van der Waals surface area contributed by atoms with Gasteiger partial charge in [0.15, 0.2) is 0 Å². The fraction of sp³-hybridized carbons (Fsp3) is 1.00. The molecule has 0 fully saturated rings. The molecule has 0 heterocycles. The molecule has 0 aliphatic rings. The highest BCUT2D eigenvalue weighted by atomic mass is 19.1. The number of halogens is 1. The third-order valence-electron chi connectivity index (χ3n) is 1.56. The smallest absolute Gasteiger partial charge is 0.0999 e. The van der Waals surface area contributed by atoms with Crippen molar-refractivity contribution in [2.24, 2.45) is 5.92 Å². The third kappa shape index (κ3) is 24.5. The monoisotopic (exact) mass is 190 g/mol. The van der Waals surface area contributed by atoms with Crippen LogP contribution in [0.25, 0.3) is 0 Å². The van der Waals surface area contributed by atoms with Gasteiger partial charge < -0.3 is 0 Å². The number of hydrogen-bond donors (Lipinski definition) is 0. The Kier molecular flexibility index (Phi) is 14.1. The maximum atomic E-state index is 12.5. The van der Waals surface area contributed by atoms with Crippen LogP contribution >= 0.6 is 0 Å². The lowest BCUT2D eigenvalue weighted by Crippen LogP contribution is -1.96. The van der Waals surface area contributed by atoms with Crippen molar-refractivity contribution in [2.75, 3.05) is 0 Å². The van der Waals surface area contributed by atoms with Gasteiger partial charge in [0.05, 0.1) is 6.17 Å². The maximum Gasteiger partial charge on any atom is 0.0999 e. The van der Waals surface area contributed by atoms with Gasteiger partial charge in [0.25, 0.3) is 0 Å². The number of rotatable bonds is 5. The first kappa shape index (κ1) is 15.4. The highest BCUT2D eigenvalue weighted by molar-refractivity contribution is 4.51. The maximum absolute atomic E-state index is 12.5. The Hall–Kier alpha value is -0.0700. The van der Waals surface area contributed by atoms with E-state index in [2.05, 4.69) is 27.7 Å². The normalized spacial score (nSPS) is 12.2. The lowest BCUT2D eigenvalue weighted by molar-refractivity contribution is 0.297. The van der Waals surface area contributed by atoms with Crippen LogP contribution in [0.4, 0.5) is 4.39 Å². The van der Waals surface area contributed by atoms with Gasteiger partial charge in [0, 0.05) is 0 Å². The Morgan fingerprint density at radius 1 is 1.00 bits per heavy atom. The quantitative estimate of drug-likeness (QED) is 0.536. The van der Waals surface area contributed by atoms with Gasteiger partial charge in [-0.25, -0.2) is 4.39 Å². The van der Waals surface area contributed by atoms with Crippen LogP contribution in [-0.4, -0.2) is 6.17 Å². The Balaban J connectivity index is 0. The van der Waals surface area contributed by atoms with Gasteiger partial charge in [0.1, 0.15) is 0 Å². The van der Waals surface area contributed by atoms with Gasteiger partial charge in [-0.05, 0) is 18.8 Å². The molecule has 0 aromatic heterocycles. The summed E-state index contributed by atoms with van der Waals surface area (Å²) < 4.78 is 12.5. The summed E-state index contributed by atoms with van der Waals surface area (Å²) in [6.07, 6.45) is 4.34. The predicted octanol–water partition coefficient (Wildman–Crippen LogP) is 4.98. The van der Waals surface area contributed by atoms with Crippen molar-refractivity contribution < 1.29 is 4.39 Å². The molecule has 0 bridgehead atoms. The largest absolute Gasteiger partial charge is 0.248 e. The first-order valence-electron chi connectivity index (χ1n) is 5.68. The van der Waals surface area contributed by atoms with Crippen molar-refractivity contribution in [2.45, 2.75) is 72.9 Å². The molecule has 0 saturated heterocycles. The zero-order valence-electron chi connectivity index (χ0n) is 10.1. The number of alkyl halides is 1. The van der Waals surface area contributed by atoms with Crippen LogP contribution in [0.5, 0.6) is 0 Å². The highest BCUT2D eigenvalue weighted by Crippen LogP contribution is 2.08. The molecule has 0 aromatic rings. The van der Waals surface area contributed by atoms with E-state index in [-0.39, 0.29) is 0 Å². The highest BCUT2D eigenvalue weighted by Gasteiger charge is 2.00. The summed E-state index contributed by atoms with van der Waals surface area (Å²) in [6, 6.07) is 0. The van der Waals surface area contributed by atoms with Crippen molar-refractivity contribution in [3.8, 4) is 0 Å². The third-order valence-corrected chi connectivity index (χ3v) is 1.56. The zero-order valence-corrected chi connectivity index (χ0v) is 10.1. The van der Waals surface area contributed by atoms with E-state index < -0.39 is 6.17 Å². The van der Waals surface area contributed by atoms with E-state index >= 15 is 0 Å². The molecule has 0 nitrogen and oxygen atoms in total. The molecule has 0 aromatic carbocycles. The second-order valence-corrected chi connectivity index (χ2v) is 4.23. The van der Waals surface area contributed by atoms with E-state index in [0.29, 0.717) is 6.42 Å². The van der Waals surface area contributed by atoms with Crippen molar-refractivity contribution in [3.63, 3.8) is 0 Å². The molecule has 1 atom stereocenters. The summed E-state index contributed by atoms with van der Waals surface area (Å²) in [4.78, 5) is 0. The van der Waals surface area contributed by atoms with Crippen LogP contribution < -0.4 is 0 Å². The summed E-state index contributed by atoms with van der Waals surface area (Å²) in [5.41, 5.74) is 0. The molecule has 0 aliphatic heterocycles. The lowest BCUT2D eigenvalue weighted by atomic mass is 10.1. The minimum absolute atomic E-state index is 0.545. The second kappa shape index (κ2) is 11.9. The topological polar surface area (TPSA) is 0 Å². The van der Waals surface area contributed by atoms with Gasteiger partial charge in [0.2, 0.25) is 0 Å². The molecular formula is C12H27F. The molecule has 13 heavy (non-hydrogen) atoms. The summed E-state index contributed by atoms with van der Waals surface area (Å²) >= 11 is 0. The molecule has 1 unspecified atom stereocenters. The van der Waals surface area contributed by atoms with Gasteiger partial charge in [-0.2, -0.15) is 0 Å². The molecule has 0 spiro atoms. The van der Waals surface area contributed by atoms with Gasteiger partial charge in [-0.3, -0.25) is 0 Å². The zero-order chi connectivity index (χ0) is 10.7. The van der Waals surface area contributed by atoms with Crippen LogP contribution in [0.2, 0.25) is 0 Å². The molecule has 0 aliphatic carbocycles. The second-order valence-electron chi connectivity index (χ2n) is 4.23. The lowest BCUT2D eigenvalue weighted by Gasteiger charge is -2.01. The standard InChI is InChI=1S/C8H17F.C4H10/c1-3-5-6-7-8(9)4-2;1-4(2)3/h8H,3-7H2,1-2H3;4H,1-3H3. The SMILES string of the molecule is CC(C)C.CCCCCC(F)CC. The molecule has 1 heteroatoms. The Bertz CT molecular complexity index is 76.4. The first-order valence-corrected chi connectivity index (χ1v) is 5.68. The number of unbranched alkanes of at least 4 members (excludes halogenated alkanes) is 2. The molecule has 82 valence electrons. The average molecular weight is 190 g/mol. The molecule has 0 saturated carbocycles. The average Bonchev–Trinajstić information content (AvgIpc) is 2.03. The van der Waals surface area contributed by atoms with Gasteiger partial charge >= 0.3 is 0 Å². The number of hydrogen-bond acceptors (Lipinski definition) is 0. The Morgan fingerprint density at radius 2 is 1.46 bits per heavy atom. The summed E-state index contributed by atoms with van der Waals surface area (Å²) in [6.45, 7) is 10.5. The van der Waals surface area contributed by atoms with Crippen LogP contribution in [-0.2, 0) is 0 Å². The minimum atomic E-state index is -0.545. The fourth-order valence-corrected chi connectivity index (χ4v) is 0.820. The minimum Gasteiger partial charge on any atom is -0.248 e. The van der Waals surface area contributed by atoms with E-state index in [1.807, 2.05) is 6.92 Å². The summed E-state index contributed by atoms with van der Waals surface area (Å²) in [5, 5.41) is 0. The summed E-state index contributed by atoms with van der Waals surface area (Å²) in [5.74, 6) is 0.833. The van der Waals surface area contributed by atoms with Gasteiger partial charge in [-0.15, -0.1) is 0 Å². The molecule has 0 N–H and O–H groups in total. The van der Waals surface area contributed by atoms with E-state index in [0.717, 1.165) is 18.8 Å². The van der Waals surface area contributed by atoms with Crippen LogP contribution in [0.15, 0.2) is 0 Å². The van der Waals surface area contributed by atoms with Crippen LogP contribution in [0.1, 0.15) is 66.7 Å². The van der Waals surface area contributed by atoms with E-state index in [9.17, 15) is 4.39 Å². The van der Waals surface area contributed by atoms with Crippen LogP contribution in [0, 0.1) is 5.92 Å². The Morgan fingerprint density at radius 3 is 1.77 bits per heavy atom. The Labute approximate surface area is 83.9 Å². The van der Waals surface area contributed by atoms with Crippen molar-refractivity contribution in [3.05, 3.63) is 0 Å². The van der Waals surface area contributed by atoms with Gasteiger partial charge in [-0.1, -0.05) is 53.9 Å². The molecule has 0 radical (unpaired) electrons. The van der Waals surface area contributed by atoms with Crippen LogP contribution in [0.3, 0.4) is 0 Å².